The number of carbonyl (C=O) groups excluding carboxylic acids is 2. The van der Waals surface area contributed by atoms with Crippen LogP contribution in [0.1, 0.15) is 187 Å². The summed E-state index contributed by atoms with van der Waals surface area (Å²) < 4.78 is 26.3. The fraction of sp³-hybridized carbons (Fsp3) is 0.773. The van der Waals surface area contributed by atoms with Gasteiger partial charge < -0.3 is 29.5 Å². The second kappa shape index (κ2) is 38.8. The first kappa shape index (κ1) is 52.9. The molecule has 320 valence electrons. The summed E-state index contributed by atoms with van der Waals surface area (Å²) in [6, 6.07) is 0. The van der Waals surface area contributed by atoms with E-state index in [1.54, 1.807) is 36.5 Å². The number of hydrogen-bond acceptors (Lipinski definition) is 8. The van der Waals surface area contributed by atoms with E-state index in [1.807, 2.05) is 6.08 Å². The number of allylic oxidation sites excluding steroid dienone is 5. The van der Waals surface area contributed by atoms with E-state index in [4.69, 9.17) is 19.3 Å². The number of esters is 2. The molecule has 10 nitrogen and oxygen atoms in total. The molecule has 0 fully saturated rings. The van der Waals surface area contributed by atoms with Crippen LogP contribution in [-0.4, -0.2) is 63.5 Å². The van der Waals surface area contributed by atoms with E-state index in [0.717, 1.165) is 25.7 Å². The smallest absolute Gasteiger partial charge is 0.462 e. The summed E-state index contributed by atoms with van der Waals surface area (Å²) in [7, 11) is -4.81. The number of carbonyl (C=O) groups is 2. The summed E-state index contributed by atoms with van der Waals surface area (Å²) in [5.41, 5.74) is 0. The molecule has 0 amide bonds. The third-order valence-electron chi connectivity index (χ3n) is 9.29. The second-order valence-electron chi connectivity index (χ2n) is 14.7. The van der Waals surface area contributed by atoms with Crippen LogP contribution in [0.3, 0.4) is 0 Å². The Kier molecular flexibility index (Phi) is 37.3. The molecule has 0 rings (SSSR count). The van der Waals surface area contributed by atoms with E-state index in [9.17, 15) is 24.4 Å². The first-order valence-corrected chi connectivity index (χ1v) is 23.2. The third kappa shape index (κ3) is 41.4. The zero-order valence-corrected chi connectivity index (χ0v) is 35.4. The van der Waals surface area contributed by atoms with Crippen LogP contribution in [0.4, 0.5) is 0 Å². The largest absolute Gasteiger partial charge is 0.469 e. The van der Waals surface area contributed by atoms with Crippen molar-refractivity contribution in [1.29, 1.82) is 0 Å². The van der Waals surface area contributed by atoms with Gasteiger partial charge >= 0.3 is 19.8 Å². The van der Waals surface area contributed by atoms with Gasteiger partial charge in [0.05, 0.1) is 18.8 Å². The van der Waals surface area contributed by atoms with Crippen molar-refractivity contribution in [3.8, 4) is 0 Å². The van der Waals surface area contributed by atoms with Crippen molar-refractivity contribution in [3.63, 3.8) is 0 Å². The molecule has 0 aromatic carbocycles. The monoisotopic (exact) mass is 799 g/mol. The van der Waals surface area contributed by atoms with Gasteiger partial charge in [-0.25, -0.2) is 4.57 Å². The lowest BCUT2D eigenvalue weighted by Crippen LogP contribution is -2.29. The molecule has 0 radical (unpaired) electrons. The lowest BCUT2D eigenvalue weighted by molar-refractivity contribution is -0.161. The molecule has 3 atom stereocenters. The Morgan fingerprint density at radius 1 is 0.564 bits per heavy atom. The molecule has 11 heteroatoms. The molecule has 0 aromatic rings. The predicted molar refractivity (Wildman–Crippen MR) is 223 cm³/mol. The molecule has 0 aliphatic rings. The molecule has 0 unspecified atom stereocenters. The SMILES string of the molecule is CCCCC/C=C\C[C@@H](O)/C=C/C=C/C=C\[C@@H](O)CCCC(=O)OC[C@H](COP(=O)(O)O)OC(=O)CCCCCCCCCCCCCCCCCCCC. The minimum atomic E-state index is -4.81. The zero-order valence-electron chi connectivity index (χ0n) is 34.5. The normalized spacial score (nSPS) is 14.1. The second-order valence-corrected chi connectivity index (χ2v) is 16.0. The predicted octanol–water partition coefficient (Wildman–Crippen LogP) is 11.1. The summed E-state index contributed by atoms with van der Waals surface area (Å²) in [6.45, 7) is 3.43. The average molecular weight is 799 g/mol. The fourth-order valence-electron chi connectivity index (χ4n) is 5.98. The van der Waals surface area contributed by atoms with Crippen molar-refractivity contribution >= 4 is 19.8 Å². The lowest BCUT2D eigenvalue weighted by atomic mass is 10.0. The maximum absolute atomic E-state index is 12.4. The number of aliphatic hydroxyl groups is 2. The number of phosphoric acid groups is 1. The highest BCUT2D eigenvalue weighted by molar-refractivity contribution is 7.46. The number of rotatable bonds is 39. The van der Waals surface area contributed by atoms with Gasteiger partial charge in [0.15, 0.2) is 6.10 Å². The maximum atomic E-state index is 12.4. The van der Waals surface area contributed by atoms with Gasteiger partial charge in [-0.1, -0.05) is 184 Å². The quantitative estimate of drug-likeness (QED) is 0.0155. The van der Waals surface area contributed by atoms with Crippen LogP contribution in [0.25, 0.3) is 0 Å². The van der Waals surface area contributed by atoms with E-state index >= 15 is 0 Å². The Bertz CT molecular complexity index is 1070. The van der Waals surface area contributed by atoms with E-state index in [2.05, 4.69) is 24.4 Å². The van der Waals surface area contributed by atoms with E-state index < -0.39 is 51.3 Å². The minimum absolute atomic E-state index is 0.00768. The number of hydrogen-bond donors (Lipinski definition) is 4. The highest BCUT2D eigenvalue weighted by Crippen LogP contribution is 2.36. The molecule has 0 aliphatic heterocycles. The van der Waals surface area contributed by atoms with Crippen LogP contribution in [0.5, 0.6) is 0 Å². The molecule has 0 saturated carbocycles. The molecular weight excluding hydrogens is 719 g/mol. The van der Waals surface area contributed by atoms with Crippen LogP contribution >= 0.6 is 7.82 Å². The summed E-state index contributed by atoms with van der Waals surface area (Å²) in [4.78, 5) is 42.9. The number of phosphoric ester groups is 1. The van der Waals surface area contributed by atoms with Crippen molar-refractivity contribution < 1.29 is 48.2 Å². The molecule has 0 saturated heterocycles. The average Bonchev–Trinajstić information content (AvgIpc) is 3.14. The van der Waals surface area contributed by atoms with Gasteiger partial charge in [-0.05, 0) is 38.5 Å². The Labute approximate surface area is 334 Å². The first-order valence-electron chi connectivity index (χ1n) is 21.6. The topological polar surface area (TPSA) is 160 Å². The van der Waals surface area contributed by atoms with E-state index in [-0.39, 0.29) is 12.8 Å². The van der Waals surface area contributed by atoms with Gasteiger partial charge in [0.25, 0.3) is 0 Å². The van der Waals surface area contributed by atoms with Crippen molar-refractivity contribution in [2.75, 3.05) is 13.2 Å². The Morgan fingerprint density at radius 3 is 1.56 bits per heavy atom. The van der Waals surface area contributed by atoms with Crippen LogP contribution in [0.15, 0.2) is 48.6 Å². The van der Waals surface area contributed by atoms with Gasteiger partial charge in [-0.15, -0.1) is 0 Å². The first-order chi connectivity index (χ1) is 26.6. The van der Waals surface area contributed by atoms with Gasteiger partial charge in [0, 0.05) is 12.8 Å². The third-order valence-corrected chi connectivity index (χ3v) is 9.78. The summed E-state index contributed by atoms with van der Waals surface area (Å²) in [6.07, 6.45) is 40.3. The zero-order chi connectivity index (χ0) is 40.7. The number of aliphatic hydroxyl groups excluding tert-OH is 2. The van der Waals surface area contributed by atoms with Crippen molar-refractivity contribution in [2.45, 2.75) is 206 Å². The molecule has 0 heterocycles. The van der Waals surface area contributed by atoms with Crippen molar-refractivity contribution in [3.05, 3.63) is 48.6 Å². The molecule has 0 aliphatic carbocycles. The number of unbranched alkanes of at least 4 members (excludes halogenated alkanes) is 20. The summed E-state index contributed by atoms with van der Waals surface area (Å²) in [5.74, 6) is -1.12. The van der Waals surface area contributed by atoms with E-state index in [0.29, 0.717) is 25.7 Å². The maximum Gasteiger partial charge on any atom is 0.469 e. The Balaban J connectivity index is 4.13. The summed E-state index contributed by atoms with van der Waals surface area (Å²) in [5, 5.41) is 20.2. The van der Waals surface area contributed by atoms with Gasteiger partial charge in [-0.2, -0.15) is 0 Å². The molecule has 0 aromatic heterocycles. The standard InChI is InChI=1S/C44H79O10P/c1-3-5-7-9-11-12-13-14-15-16-17-18-19-20-21-22-24-30-36-44(48)54-42(39-53-55(49,50)51)38-52-43(47)37-31-35-41(46)34-29-26-25-28-33-40(45)32-27-23-10-8-6-4-2/h23,25-29,33-34,40-42,45-46H,3-22,24,30-32,35-39H2,1-2H3,(H2,49,50,51)/b26-25+,27-23-,33-28+,34-29-/t40-,41-,42-/m1/s1. The highest BCUT2D eigenvalue weighted by atomic mass is 31.2. The summed E-state index contributed by atoms with van der Waals surface area (Å²) >= 11 is 0. The molecule has 0 bridgehead atoms. The Morgan fingerprint density at radius 2 is 1.04 bits per heavy atom. The van der Waals surface area contributed by atoms with E-state index in [1.165, 1.54) is 109 Å². The minimum Gasteiger partial charge on any atom is -0.462 e. The molecule has 4 N–H and O–H groups in total. The molecule has 55 heavy (non-hydrogen) atoms. The van der Waals surface area contributed by atoms with Crippen LogP contribution < -0.4 is 0 Å². The lowest BCUT2D eigenvalue weighted by Gasteiger charge is -2.18. The van der Waals surface area contributed by atoms with Gasteiger partial charge in [0.1, 0.15) is 6.61 Å². The Hall–Kier alpha value is -2.07. The fourth-order valence-corrected chi connectivity index (χ4v) is 6.34. The highest BCUT2D eigenvalue weighted by Gasteiger charge is 2.23. The molecular formula is C44H79O10P. The van der Waals surface area contributed by atoms with Gasteiger partial charge in [0.2, 0.25) is 0 Å². The van der Waals surface area contributed by atoms with Crippen molar-refractivity contribution in [1.82, 2.24) is 0 Å². The van der Waals surface area contributed by atoms with Crippen LogP contribution in [-0.2, 0) is 28.2 Å². The van der Waals surface area contributed by atoms with Crippen LogP contribution in [0, 0.1) is 0 Å². The van der Waals surface area contributed by atoms with Gasteiger partial charge in [-0.3, -0.25) is 14.1 Å². The van der Waals surface area contributed by atoms with Crippen molar-refractivity contribution in [2.24, 2.45) is 0 Å². The number of ether oxygens (including phenoxy) is 2. The van der Waals surface area contributed by atoms with Crippen LogP contribution in [0.2, 0.25) is 0 Å². The molecule has 0 spiro atoms.